The summed E-state index contributed by atoms with van der Waals surface area (Å²) in [5.74, 6) is 1.61. The van der Waals surface area contributed by atoms with Crippen LogP contribution in [0.15, 0.2) is 0 Å². The van der Waals surface area contributed by atoms with Gasteiger partial charge in [-0.1, -0.05) is 27.2 Å². The predicted molar refractivity (Wildman–Crippen MR) is 91.9 cm³/mol. The Hall–Kier alpha value is -0.710. The number of likely N-dealkylation sites (tertiary alicyclic amines) is 2. The molecule has 4 nitrogen and oxygen atoms in total. The van der Waals surface area contributed by atoms with Crippen LogP contribution >= 0.6 is 11.8 Å². The summed E-state index contributed by atoms with van der Waals surface area (Å²) in [4.78, 5) is 29.1. The Morgan fingerprint density at radius 1 is 1.27 bits per heavy atom. The highest BCUT2D eigenvalue weighted by Gasteiger charge is 2.37. The van der Waals surface area contributed by atoms with Gasteiger partial charge in [0.1, 0.15) is 6.04 Å². The molecule has 126 valence electrons. The van der Waals surface area contributed by atoms with Crippen molar-refractivity contribution in [3.8, 4) is 0 Å². The van der Waals surface area contributed by atoms with Gasteiger partial charge in [0.2, 0.25) is 11.8 Å². The summed E-state index contributed by atoms with van der Waals surface area (Å²) < 4.78 is 0. The first-order valence-corrected chi connectivity index (χ1v) is 9.79. The van der Waals surface area contributed by atoms with Gasteiger partial charge in [-0.3, -0.25) is 9.59 Å². The van der Waals surface area contributed by atoms with Gasteiger partial charge >= 0.3 is 0 Å². The number of carbonyl (C=O) groups excluding carboxylic acids is 2. The Balaban J connectivity index is 2.09. The van der Waals surface area contributed by atoms with Crippen molar-refractivity contribution in [2.24, 2.45) is 5.92 Å². The topological polar surface area (TPSA) is 40.6 Å². The number of amides is 2. The molecule has 2 fully saturated rings. The molecule has 0 aromatic carbocycles. The minimum Gasteiger partial charge on any atom is -0.340 e. The molecule has 0 aromatic rings. The third-order valence-electron chi connectivity index (χ3n) is 4.67. The summed E-state index contributed by atoms with van der Waals surface area (Å²) in [7, 11) is 0. The minimum atomic E-state index is -0.264. The van der Waals surface area contributed by atoms with Crippen molar-refractivity contribution in [3.63, 3.8) is 0 Å². The molecule has 2 amide bonds. The molecule has 0 spiro atoms. The summed E-state index contributed by atoms with van der Waals surface area (Å²) in [6, 6.07) is -0.264. The molecule has 0 aromatic heterocycles. The number of rotatable bonds is 5. The van der Waals surface area contributed by atoms with E-state index >= 15 is 0 Å². The summed E-state index contributed by atoms with van der Waals surface area (Å²) in [6.45, 7) is 8.75. The van der Waals surface area contributed by atoms with Gasteiger partial charge in [0, 0.05) is 31.3 Å². The van der Waals surface area contributed by atoms with Crippen molar-refractivity contribution in [3.05, 3.63) is 0 Å². The third-order valence-corrected chi connectivity index (χ3v) is 5.86. The normalized spacial score (nSPS) is 24.7. The van der Waals surface area contributed by atoms with Crippen molar-refractivity contribution in [2.45, 2.75) is 64.2 Å². The summed E-state index contributed by atoms with van der Waals surface area (Å²) in [5.41, 5.74) is 0. The van der Waals surface area contributed by atoms with Gasteiger partial charge in [0.05, 0.1) is 0 Å². The standard InChI is InChI=1S/C17H30N2O2S/c1-4-22-14-8-5-6-10-18(12-14)17(21)16(13(2)3)19-11-7-9-15(19)20/h13-14,16H,4-12H2,1-3H3/t14-,16-/m1/s1. The molecular weight excluding hydrogens is 296 g/mol. The zero-order chi connectivity index (χ0) is 16.1. The van der Waals surface area contributed by atoms with E-state index in [9.17, 15) is 9.59 Å². The van der Waals surface area contributed by atoms with Crippen LogP contribution in [0.4, 0.5) is 0 Å². The quantitative estimate of drug-likeness (QED) is 0.780. The number of thioether (sulfide) groups is 1. The van der Waals surface area contributed by atoms with Crippen molar-refractivity contribution in [1.82, 2.24) is 9.80 Å². The Morgan fingerprint density at radius 3 is 2.64 bits per heavy atom. The third kappa shape index (κ3) is 4.18. The largest absolute Gasteiger partial charge is 0.340 e. The summed E-state index contributed by atoms with van der Waals surface area (Å²) in [6.07, 6.45) is 4.99. The van der Waals surface area contributed by atoms with Crippen LogP contribution in [0.25, 0.3) is 0 Å². The molecule has 0 N–H and O–H groups in total. The van der Waals surface area contributed by atoms with Crippen LogP contribution < -0.4 is 0 Å². The lowest BCUT2D eigenvalue weighted by Crippen LogP contribution is -2.52. The maximum absolute atomic E-state index is 13.1. The number of carbonyl (C=O) groups is 2. The first-order valence-electron chi connectivity index (χ1n) is 8.74. The lowest BCUT2D eigenvalue weighted by molar-refractivity contribution is -0.145. The van der Waals surface area contributed by atoms with E-state index in [0.717, 1.165) is 38.2 Å². The lowest BCUT2D eigenvalue weighted by atomic mass is 10.0. The maximum Gasteiger partial charge on any atom is 0.245 e. The second-order valence-corrected chi connectivity index (χ2v) is 8.31. The zero-order valence-corrected chi connectivity index (χ0v) is 15.0. The van der Waals surface area contributed by atoms with E-state index in [0.29, 0.717) is 11.7 Å². The van der Waals surface area contributed by atoms with Crippen molar-refractivity contribution in [2.75, 3.05) is 25.4 Å². The Bertz CT molecular complexity index is 400. The van der Waals surface area contributed by atoms with Crippen LogP contribution in [0.1, 0.15) is 52.9 Å². The average Bonchev–Trinajstić information content (AvgIpc) is 2.75. The van der Waals surface area contributed by atoms with Crippen LogP contribution in [0.2, 0.25) is 0 Å². The van der Waals surface area contributed by atoms with Crippen LogP contribution in [0, 0.1) is 5.92 Å². The number of hydrogen-bond acceptors (Lipinski definition) is 3. The second kappa shape index (κ2) is 8.23. The minimum absolute atomic E-state index is 0.154. The number of hydrogen-bond donors (Lipinski definition) is 0. The van der Waals surface area contributed by atoms with E-state index in [1.165, 1.54) is 12.8 Å². The van der Waals surface area contributed by atoms with E-state index in [-0.39, 0.29) is 23.8 Å². The Labute approximate surface area is 139 Å². The second-order valence-electron chi connectivity index (χ2n) is 6.74. The molecule has 2 saturated heterocycles. The van der Waals surface area contributed by atoms with E-state index in [4.69, 9.17) is 0 Å². The van der Waals surface area contributed by atoms with Crippen LogP contribution in [0.5, 0.6) is 0 Å². The van der Waals surface area contributed by atoms with Crippen molar-refractivity contribution < 1.29 is 9.59 Å². The molecule has 2 aliphatic rings. The summed E-state index contributed by atoms with van der Waals surface area (Å²) >= 11 is 1.97. The highest BCUT2D eigenvalue weighted by molar-refractivity contribution is 7.99. The van der Waals surface area contributed by atoms with Gasteiger partial charge in [-0.25, -0.2) is 0 Å². The molecule has 0 radical (unpaired) electrons. The Morgan fingerprint density at radius 2 is 2.05 bits per heavy atom. The molecule has 0 saturated carbocycles. The van der Waals surface area contributed by atoms with E-state index in [1.807, 2.05) is 21.6 Å². The van der Waals surface area contributed by atoms with Gasteiger partial charge < -0.3 is 9.80 Å². The van der Waals surface area contributed by atoms with Gasteiger partial charge in [0.15, 0.2) is 0 Å². The Kier molecular flexibility index (Phi) is 6.60. The average molecular weight is 327 g/mol. The zero-order valence-electron chi connectivity index (χ0n) is 14.2. The van der Waals surface area contributed by atoms with E-state index < -0.39 is 0 Å². The number of nitrogens with zero attached hydrogens (tertiary/aromatic N) is 2. The SMILES string of the molecule is CCS[C@@H]1CCCCN(C(=O)[C@@H](C(C)C)N2CCCC2=O)C1. The molecule has 2 aliphatic heterocycles. The predicted octanol–water partition coefficient (Wildman–Crippen LogP) is 2.77. The van der Waals surface area contributed by atoms with E-state index in [1.54, 1.807) is 0 Å². The van der Waals surface area contributed by atoms with Crippen molar-refractivity contribution >= 4 is 23.6 Å². The fourth-order valence-electron chi connectivity index (χ4n) is 3.60. The van der Waals surface area contributed by atoms with Crippen LogP contribution in [-0.4, -0.2) is 58.3 Å². The van der Waals surface area contributed by atoms with Gasteiger partial charge in [-0.05, 0) is 30.9 Å². The summed E-state index contributed by atoms with van der Waals surface area (Å²) in [5, 5.41) is 0.554. The van der Waals surface area contributed by atoms with Crippen LogP contribution in [0.3, 0.4) is 0 Å². The van der Waals surface area contributed by atoms with Gasteiger partial charge in [-0.15, -0.1) is 0 Å². The molecule has 0 aliphatic carbocycles. The fourth-order valence-corrected chi connectivity index (χ4v) is 4.69. The highest BCUT2D eigenvalue weighted by atomic mass is 32.2. The van der Waals surface area contributed by atoms with Gasteiger partial charge in [0.25, 0.3) is 0 Å². The molecule has 5 heteroatoms. The molecule has 0 unspecified atom stereocenters. The van der Waals surface area contributed by atoms with Gasteiger partial charge in [-0.2, -0.15) is 11.8 Å². The molecule has 0 bridgehead atoms. The maximum atomic E-state index is 13.1. The monoisotopic (exact) mass is 326 g/mol. The first kappa shape index (κ1) is 17.6. The molecule has 2 rings (SSSR count). The first-order chi connectivity index (χ1) is 10.5. The molecule has 2 heterocycles. The lowest BCUT2D eigenvalue weighted by Gasteiger charge is -2.35. The van der Waals surface area contributed by atoms with Crippen LogP contribution in [-0.2, 0) is 9.59 Å². The van der Waals surface area contributed by atoms with Crippen molar-refractivity contribution in [1.29, 1.82) is 0 Å². The molecule has 2 atom stereocenters. The molecule has 22 heavy (non-hydrogen) atoms. The highest BCUT2D eigenvalue weighted by Crippen LogP contribution is 2.25. The van der Waals surface area contributed by atoms with E-state index in [2.05, 4.69) is 20.8 Å². The fraction of sp³-hybridized carbons (Fsp3) is 0.882. The molecular formula is C17H30N2O2S. The smallest absolute Gasteiger partial charge is 0.245 e.